The van der Waals surface area contributed by atoms with Crippen molar-refractivity contribution in [2.45, 2.75) is 12.5 Å². The summed E-state index contributed by atoms with van der Waals surface area (Å²) in [5.41, 5.74) is 15.6. The van der Waals surface area contributed by atoms with Crippen molar-refractivity contribution in [3.8, 4) is 11.1 Å². The van der Waals surface area contributed by atoms with Crippen molar-refractivity contribution in [3.05, 3.63) is 36.8 Å². The standard InChI is InChI=1S/C16H17N5O/c17-11-3-1-10(2-4-11)13-7-21(12-5-6-22-8-12)16-14(13)15(18)19-9-20-16/h1-4,7,9,12H,5-6,8,17H2,(H2,18,19,20). The van der Waals surface area contributed by atoms with Crippen molar-refractivity contribution >= 4 is 22.5 Å². The maximum absolute atomic E-state index is 6.12. The summed E-state index contributed by atoms with van der Waals surface area (Å²) in [7, 11) is 0. The highest BCUT2D eigenvalue weighted by Gasteiger charge is 2.23. The molecule has 112 valence electrons. The second-order valence-corrected chi connectivity index (χ2v) is 5.55. The van der Waals surface area contributed by atoms with Crippen LogP contribution in [0.25, 0.3) is 22.2 Å². The first-order valence-electron chi connectivity index (χ1n) is 7.28. The summed E-state index contributed by atoms with van der Waals surface area (Å²) in [6.45, 7) is 1.48. The van der Waals surface area contributed by atoms with E-state index in [1.54, 1.807) is 0 Å². The van der Waals surface area contributed by atoms with Gasteiger partial charge in [0.05, 0.1) is 18.0 Å². The average molecular weight is 295 g/mol. The van der Waals surface area contributed by atoms with Crippen molar-refractivity contribution in [2.75, 3.05) is 24.7 Å². The molecule has 6 nitrogen and oxygen atoms in total. The van der Waals surface area contributed by atoms with E-state index < -0.39 is 0 Å². The minimum absolute atomic E-state index is 0.291. The zero-order valence-corrected chi connectivity index (χ0v) is 12.1. The second-order valence-electron chi connectivity index (χ2n) is 5.55. The van der Waals surface area contributed by atoms with Gasteiger partial charge in [0.15, 0.2) is 0 Å². The third-order valence-electron chi connectivity index (χ3n) is 4.16. The van der Waals surface area contributed by atoms with Crippen LogP contribution in [0, 0.1) is 0 Å². The molecule has 3 aromatic rings. The average Bonchev–Trinajstić information content (AvgIpc) is 3.15. The molecule has 4 rings (SSSR count). The van der Waals surface area contributed by atoms with Gasteiger partial charge in [0.1, 0.15) is 17.8 Å². The number of nitrogen functional groups attached to an aromatic ring is 2. The topological polar surface area (TPSA) is 92.0 Å². The first-order valence-corrected chi connectivity index (χ1v) is 7.28. The van der Waals surface area contributed by atoms with Crippen LogP contribution < -0.4 is 11.5 Å². The van der Waals surface area contributed by atoms with Gasteiger partial charge in [-0.15, -0.1) is 0 Å². The number of fused-ring (bicyclic) bond motifs is 1. The Morgan fingerprint density at radius 3 is 2.68 bits per heavy atom. The van der Waals surface area contributed by atoms with Crippen molar-refractivity contribution in [1.82, 2.24) is 14.5 Å². The Morgan fingerprint density at radius 1 is 1.14 bits per heavy atom. The molecule has 22 heavy (non-hydrogen) atoms. The fourth-order valence-corrected chi connectivity index (χ4v) is 3.01. The van der Waals surface area contributed by atoms with Crippen molar-refractivity contribution < 1.29 is 4.74 Å². The monoisotopic (exact) mass is 295 g/mol. The Hall–Kier alpha value is -2.60. The van der Waals surface area contributed by atoms with Crippen LogP contribution in [-0.2, 0) is 4.74 Å². The predicted octanol–water partition coefficient (Wildman–Crippen LogP) is 2.22. The van der Waals surface area contributed by atoms with E-state index >= 15 is 0 Å². The minimum Gasteiger partial charge on any atom is -0.399 e. The molecular formula is C16H17N5O. The van der Waals surface area contributed by atoms with Gasteiger partial charge in [-0.1, -0.05) is 12.1 Å². The molecule has 1 fully saturated rings. The van der Waals surface area contributed by atoms with Crippen LogP contribution in [0.4, 0.5) is 11.5 Å². The number of ether oxygens (including phenoxy) is 1. The number of anilines is 2. The summed E-state index contributed by atoms with van der Waals surface area (Å²) >= 11 is 0. The molecule has 0 bridgehead atoms. The van der Waals surface area contributed by atoms with Crippen LogP contribution in [0.1, 0.15) is 12.5 Å². The molecule has 1 unspecified atom stereocenters. The number of aromatic nitrogens is 3. The van der Waals surface area contributed by atoms with E-state index in [1.807, 2.05) is 24.3 Å². The van der Waals surface area contributed by atoms with Crippen LogP contribution in [-0.4, -0.2) is 27.7 Å². The van der Waals surface area contributed by atoms with Crippen LogP contribution >= 0.6 is 0 Å². The van der Waals surface area contributed by atoms with Gasteiger partial charge in [-0.05, 0) is 24.1 Å². The first kappa shape index (κ1) is 13.1. The highest BCUT2D eigenvalue weighted by molar-refractivity contribution is 6.00. The number of nitrogens with zero attached hydrogens (tertiary/aromatic N) is 3. The van der Waals surface area contributed by atoms with Gasteiger partial charge in [-0.3, -0.25) is 0 Å². The molecule has 1 aromatic carbocycles. The number of hydrogen-bond donors (Lipinski definition) is 2. The molecule has 0 radical (unpaired) electrons. The Bertz CT molecular complexity index is 818. The van der Waals surface area contributed by atoms with Crippen molar-refractivity contribution in [1.29, 1.82) is 0 Å². The number of benzene rings is 1. The zero-order chi connectivity index (χ0) is 15.1. The van der Waals surface area contributed by atoms with E-state index in [0.717, 1.165) is 40.9 Å². The molecule has 0 aliphatic carbocycles. The zero-order valence-electron chi connectivity index (χ0n) is 12.1. The van der Waals surface area contributed by atoms with E-state index in [2.05, 4.69) is 20.7 Å². The molecular weight excluding hydrogens is 278 g/mol. The van der Waals surface area contributed by atoms with Gasteiger partial charge >= 0.3 is 0 Å². The fraction of sp³-hybridized carbons (Fsp3) is 0.250. The first-order chi connectivity index (χ1) is 10.7. The summed E-state index contributed by atoms with van der Waals surface area (Å²) in [5, 5.41) is 0.888. The van der Waals surface area contributed by atoms with Crippen LogP contribution in [0.15, 0.2) is 36.8 Å². The lowest BCUT2D eigenvalue weighted by molar-refractivity contribution is 0.187. The summed E-state index contributed by atoms with van der Waals surface area (Å²) in [5.74, 6) is 0.495. The quantitative estimate of drug-likeness (QED) is 0.707. The third kappa shape index (κ3) is 2.00. The molecule has 4 N–H and O–H groups in total. The highest BCUT2D eigenvalue weighted by Crippen LogP contribution is 2.35. The van der Waals surface area contributed by atoms with E-state index in [1.165, 1.54) is 6.33 Å². The highest BCUT2D eigenvalue weighted by atomic mass is 16.5. The van der Waals surface area contributed by atoms with E-state index in [0.29, 0.717) is 18.5 Å². The predicted molar refractivity (Wildman–Crippen MR) is 86.3 cm³/mol. The molecule has 1 saturated heterocycles. The Kier molecular flexibility index (Phi) is 2.97. The lowest BCUT2D eigenvalue weighted by atomic mass is 10.1. The second kappa shape index (κ2) is 4.99. The molecule has 2 aromatic heterocycles. The molecule has 1 atom stereocenters. The van der Waals surface area contributed by atoms with Crippen LogP contribution in [0.5, 0.6) is 0 Å². The Balaban J connectivity index is 1.95. The fourth-order valence-electron chi connectivity index (χ4n) is 3.01. The number of rotatable bonds is 2. The SMILES string of the molecule is Nc1ccc(-c2cn(C3CCOC3)c3ncnc(N)c23)cc1. The summed E-state index contributed by atoms with van der Waals surface area (Å²) in [6.07, 6.45) is 4.59. The molecule has 0 amide bonds. The molecule has 3 heterocycles. The molecule has 0 spiro atoms. The number of nitrogens with two attached hydrogens (primary N) is 2. The summed E-state index contributed by atoms with van der Waals surface area (Å²) in [6, 6.07) is 8.05. The normalized spacial score (nSPS) is 18.1. The lowest BCUT2D eigenvalue weighted by Crippen LogP contribution is -2.08. The van der Waals surface area contributed by atoms with Gasteiger partial charge in [0, 0.05) is 24.1 Å². The van der Waals surface area contributed by atoms with Crippen LogP contribution in [0.3, 0.4) is 0 Å². The van der Waals surface area contributed by atoms with E-state index in [4.69, 9.17) is 16.2 Å². The molecule has 0 saturated carbocycles. The molecule has 1 aliphatic heterocycles. The van der Waals surface area contributed by atoms with E-state index in [9.17, 15) is 0 Å². The Labute approximate surface area is 127 Å². The summed E-state index contributed by atoms with van der Waals surface area (Å²) in [4.78, 5) is 8.59. The van der Waals surface area contributed by atoms with Gasteiger partial charge in [0.2, 0.25) is 0 Å². The summed E-state index contributed by atoms with van der Waals surface area (Å²) < 4.78 is 7.67. The number of hydrogen-bond acceptors (Lipinski definition) is 5. The Morgan fingerprint density at radius 2 is 1.95 bits per heavy atom. The maximum Gasteiger partial charge on any atom is 0.146 e. The smallest absolute Gasteiger partial charge is 0.146 e. The maximum atomic E-state index is 6.12. The van der Waals surface area contributed by atoms with Gasteiger partial charge in [-0.25, -0.2) is 9.97 Å². The van der Waals surface area contributed by atoms with E-state index in [-0.39, 0.29) is 0 Å². The van der Waals surface area contributed by atoms with Crippen molar-refractivity contribution in [2.24, 2.45) is 0 Å². The third-order valence-corrected chi connectivity index (χ3v) is 4.16. The lowest BCUT2D eigenvalue weighted by Gasteiger charge is -2.10. The van der Waals surface area contributed by atoms with Crippen molar-refractivity contribution in [3.63, 3.8) is 0 Å². The largest absolute Gasteiger partial charge is 0.399 e. The molecule has 1 aliphatic rings. The van der Waals surface area contributed by atoms with Gasteiger partial charge < -0.3 is 20.8 Å². The van der Waals surface area contributed by atoms with Gasteiger partial charge in [0.25, 0.3) is 0 Å². The minimum atomic E-state index is 0.291. The van der Waals surface area contributed by atoms with Crippen LogP contribution in [0.2, 0.25) is 0 Å². The molecule has 6 heteroatoms. The van der Waals surface area contributed by atoms with Gasteiger partial charge in [-0.2, -0.15) is 0 Å².